The van der Waals surface area contributed by atoms with Crippen LogP contribution in [0.3, 0.4) is 0 Å². The van der Waals surface area contributed by atoms with E-state index in [9.17, 15) is 14.7 Å². The number of ether oxygens (including phenoxy) is 1. The molecule has 1 aliphatic carbocycles. The Labute approximate surface area is 175 Å². The molecule has 0 radical (unpaired) electrons. The highest BCUT2D eigenvalue weighted by Gasteiger charge is 2.42. The summed E-state index contributed by atoms with van der Waals surface area (Å²) >= 11 is 0. The minimum atomic E-state index is -1.99. The number of nitrogens with zero attached hydrogens (tertiary/aromatic N) is 1. The van der Waals surface area contributed by atoms with Gasteiger partial charge in [0.1, 0.15) is 0 Å². The van der Waals surface area contributed by atoms with Gasteiger partial charge in [0.05, 0.1) is 0 Å². The van der Waals surface area contributed by atoms with Crippen molar-refractivity contribution in [2.24, 2.45) is 0 Å². The topological polar surface area (TPSA) is 68.5 Å². The second-order valence-electron chi connectivity index (χ2n) is 7.83. The first-order valence-electron chi connectivity index (χ1n) is 10.1. The smallest absolute Gasteiger partial charge is 0.348 e. The van der Waals surface area contributed by atoms with E-state index in [4.69, 9.17) is 4.74 Å². The first-order chi connectivity index (χ1) is 14.4. The van der Waals surface area contributed by atoms with Crippen LogP contribution < -0.4 is 0 Å². The highest BCUT2D eigenvalue weighted by Crippen LogP contribution is 2.38. The number of aliphatic hydroxyl groups is 1. The summed E-state index contributed by atoms with van der Waals surface area (Å²) in [5, 5.41) is 11.4. The number of carbonyl (C=O) groups is 2. The first-order valence-corrected chi connectivity index (χ1v) is 10.1. The van der Waals surface area contributed by atoms with E-state index in [1.54, 1.807) is 60.7 Å². The standard InChI is InChI=1S/C25H25NO4/c1-17-15-22(18(2)26(17)21-13-14-21)23(27)16-30-24(28)25(29,19-9-5-3-6-10-19)20-11-7-4-8-12-20/h3-12,15,21,29H,13-14,16H2,1-2H3. The van der Waals surface area contributed by atoms with Gasteiger partial charge in [-0.3, -0.25) is 4.79 Å². The number of Topliss-reactive ketones (excluding diaryl/α,β-unsaturated/α-hetero) is 1. The number of aromatic nitrogens is 1. The predicted octanol–water partition coefficient (Wildman–Crippen LogP) is 4.10. The molecule has 0 amide bonds. The fourth-order valence-electron chi connectivity index (χ4n) is 4.03. The molecule has 1 aromatic heterocycles. The lowest BCUT2D eigenvalue weighted by atomic mass is 9.86. The number of hydrogen-bond acceptors (Lipinski definition) is 4. The van der Waals surface area contributed by atoms with Gasteiger partial charge in [0, 0.05) is 23.0 Å². The highest BCUT2D eigenvalue weighted by atomic mass is 16.6. The van der Waals surface area contributed by atoms with Gasteiger partial charge in [-0.2, -0.15) is 0 Å². The number of rotatable bonds is 7. The average Bonchev–Trinajstić information content (AvgIpc) is 3.56. The van der Waals surface area contributed by atoms with Crippen LogP contribution in [0.4, 0.5) is 0 Å². The van der Waals surface area contributed by atoms with E-state index >= 15 is 0 Å². The van der Waals surface area contributed by atoms with Crippen LogP contribution >= 0.6 is 0 Å². The van der Waals surface area contributed by atoms with Crippen LogP contribution in [0.15, 0.2) is 66.7 Å². The molecule has 1 heterocycles. The molecule has 0 spiro atoms. The molecule has 0 unspecified atom stereocenters. The summed E-state index contributed by atoms with van der Waals surface area (Å²) in [6, 6.07) is 19.6. The van der Waals surface area contributed by atoms with Crippen molar-refractivity contribution in [1.29, 1.82) is 0 Å². The molecule has 30 heavy (non-hydrogen) atoms. The molecular weight excluding hydrogens is 378 g/mol. The molecule has 4 rings (SSSR count). The monoisotopic (exact) mass is 403 g/mol. The Kier molecular flexibility index (Phi) is 5.31. The van der Waals surface area contributed by atoms with Crippen LogP contribution in [0.25, 0.3) is 0 Å². The van der Waals surface area contributed by atoms with Gasteiger partial charge in [0.15, 0.2) is 6.61 Å². The maximum Gasteiger partial charge on any atom is 0.348 e. The third-order valence-corrected chi connectivity index (χ3v) is 5.71. The largest absolute Gasteiger partial charge is 0.455 e. The Bertz CT molecular complexity index is 1030. The lowest BCUT2D eigenvalue weighted by molar-refractivity contribution is -0.160. The number of hydrogen-bond donors (Lipinski definition) is 1. The summed E-state index contributed by atoms with van der Waals surface area (Å²) < 4.78 is 7.54. The summed E-state index contributed by atoms with van der Waals surface area (Å²) in [5.74, 6) is -1.14. The van der Waals surface area contributed by atoms with Gasteiger partial charge < -0.3 is 14.4 Å². The molecular formula is C25H25NO4. The molecule has 154 valence electrons. The zero-order valence-corrected chi connectivity index (χ0v) is 17.2. The van der Waals surface area contributed by atoms with Crippen molar-refractivity contribution in [3.8, 4) is 0 Å². The van der Waals surface area contributed by atoms with Gasteiger partial charge in [-0.25, -0.2) is 4.79 Å². The Morgan fingerprint density at radius 3 is 2.03 bits per heavy atom. The zero-order chi connectivity index (χ0) is 21.3. The second kappa shape index (κ2) is 7.92. The van der Waals surface area contributed by atoms with Gasteiger partial charge in [-0.05, 0) is 43.9 Å². The van der Waals surface area contributed by atoms with E-state index in [2.05, 4.69) is 4.57 Å². The van der Waals surface area contributed by atoms with Crippen LogP contribution in [-0.2, 0) is 15.1 Å². The molecule has 0 saturated heterocycles. The van der Waals surface area contributed by atoms with E-state index in [0.717, 1.165) is 24.2 Å². The number of benzene rings is 2. The maximum atomic E-state index is 13.0. The summed E-state index contributed by atoms with van der Waals surface area (Å²) in [6.45, 7) is 3.48. The van der Waals surface area contributed by atoms with Crippen molar-refractivity contribution in [2.75, 3.05) is 6.61 Å². The summed E-state index contributed by atoms with van der Waals surface area (Å²) in [4.78, 5) is 25.9. The Balaban J connectivity index is 1.57. The Morgan fingerprint density at radius 1 is 1.00 bits per heavy atom. The predicted molar refractivity (Wildman–Crippen MR) is 113 cm³/mol. The quantitative estimate of drug-likeness (QED) is 0.476. The fraction of sp³-hybridized carbons (Fsp3) is 0.280. The normalized spacial score (nSPS) is 13.8. The van der Waals surface area contributed by atoms with Gasteiger partial charge >= 0.3 is 5.97 Å². The maximum absolute atomic E-state index is 13.0. The lowest BCUT2D eigenvalue weighted by Gasteiger charge is -2.26. The van der Waals surface area contributed by atoms with E-state index in [1.165, 1.54) is 0 Å². The highest BCUT2D eigenvalue weighted by molar-refractivity contribution is 6.00. The number of esters is 1. The second-order valence-corrected chi connectivity index (χ2v) is 7.83. The Hall–Kier alpha value is -3.18. The zero-order valence-electron chi connectivity index (χ0n) is 17.2. The van der Waals surface area contributed by atoms with E-state index in [-0.39, 0.29) is 5.78 Å². The van der Waals surface area contributed by atoms with Gasteiger partial charge in [-0.1, -0.05) is 60.7 Å². The lowest BCUT2D eigenvalue weighted by Crippen LogP contribution is -2.39. The molecule has 2 aromatic carbocycles. The molecule has 0 atom stereocenters. The number of ketones is 1. The van der Waals surface area contributed by atoms with Crippen molar-refractivity contribution in [3.05, 3.63) is 94.8 Å². The molecule has 0 bridgehead atoms. The SMILES string of the molecule is Cc1cc(C(=O)COC(=O)C(O)(c2ccccc2)c2ccccc2)c(C)n1C1CC1. The molecule has 1 aliphatic rings. The molecule has 1 saturated carbocycles. The third kappa shape index (κ3) is 3.57. The van der Waals surface area contributed by atoms with Crippen LogP contribution in [-0.4, -0.2) is 28.0 Å². The molecule has 0 aliphatic heterocycles. The van der Waals surface area contributed by atoms with E-state index in [0.29, 0.717) is 22.7 Å². The Morgan fingerprint density at radius 2 is 1.53 bits per heavy atom. The van der Waals surface area contributed by atoms with Crippen molar-refractivity contribution in [1.82, 2.24) is 4.57 Å². The van der Waals surface area contributed by atoms with E-state index in [1.807, 2.05) is 19.9 Å². The summed E-state index contributed by atoms with van der Waals surface area (Å²) in [5.41, 5.74) is 1.29. The van der Waals surface area contributed by atoms with Crippen molar-refractivity contribution < 1.29 is 19.4 Å². The van der Waals surface area contributed by atoms with Gasteiger partial charge in [0.2, 0.25) is 11.4 Å². The van der Waals surface area contributed by atoms with Crippen LogP contribution in [0.5, 0.6) is 0 Å². The van der Waals surface area contributed by atoms with Gasteiger partial charge in [-0.15, -0.1) is 0 Å². The number of carbonyl (C=O) groups excluding carboxylic acids is 2. The summed E-state index contributed by atoms with van der Waals surface area (Å²) in [6.07, 6.45) is 2.25. The van der Waals surface area contributed by atoms with Crippen LogP contribution in [0.2, 0.25) is 0 Å². The van der Waals surface area contributed by atoms with Crippen molar-refractivity contribution in [2.45, 2.75) is 38.3 Å². The van der Waals surface area contributed by atoms with Crippen LogP contribution in [0, 0.1) is 13.8 Å². The molecule has 5 nitrogen and oxygen atoms in total. The fourth-order valence-corrected chi connectivity index (χ4v) is 4.03. The molecule has 5 heteroatoms. The minimum absolute atomic E-state index is 0.271. The minimum Gasteiger partial charge on any atom is -0.455 e. The molecule has 3 aromatic rings. The average molecular weight is 403 g/mol. The number of aryl methyl sites for hydroxylation is 1. The third-order valence-electron chi connectivity index (χ3n) is 5.71. The van der Waals surface area contributed by atoms with Crippen molar-refractivity contribution in [3.63, 3.8) is 0 Å². The van der Waals surface area contributed by atoms with Crippen molar-refractivity contribution >= 4 is 11.8 Å². The van der Waals surface area contributed by atoms with Crippen LogP contribution in [0.1, 0.15) is 51.8 Å². The summed E-state index contributed by atoms with van der Waals surface area (Å²) in [7, 11) is 0. The molecule has 1 N–H and O–H groups in total. The van der Waals surface area contributed by atoms with Gasteiger partial charge in [0.25, 0.3) is 0 Å². The first kappa shape index (κ1) is 20.1. The molecule has 1 fully saturated rings. The van der Waals surface area contributed by atoms with E-state index < -0.39 is 18.2 Å².